The molecule has 1 saturated carbocycles. The Bertz CT molecular complexity index is 745. The minimum Gasteiger partial charge on any atom is -0.455 e. The second-order valence-electron chi connectivity index (χ2n) is 6.68. The number of carbonyl (C=O) groups is 1. The molecule has 0 aliphatic heterocycles. The van der Waals surface area contributed by atoms with E-state index in [-0.39, 0.29) is 17.7 Å². The van der Waals surface area contributed by atoms with Crippen LogP contribution < -0.4 is 5.32 Å². The van der Waals surface area contributed by atoms with Crippen LogP contribution in [0.15, 0.2) is 45.7 Å². The number of aryl methyl sites for hydroxylation is 1. The van der Waals surface area contributed by atoms with Crippen molar-refractivity contribution in [3.8, 4) is 0 Å². The molecule has 1 heterocycles. The fourth-order valence-corrected chi connectivity index (χ4v) is 4.50. The highest BCUT2D eigenvalue weighted by Crippen LogP contribution is 2.20. The molecule has 5 heteroatoms. The second kappa shape index (κ2) is 8.48. The molecule has 1 aromatic heterocycles. The monoisotopic (exact) mass is 359 g/mol. The first-order valence-corrected chi connectivity index (χ1v) is 10.3. The predicted molar refractivity (Wildman–Crippen MR) is 99.0 cm³/mol. The molecule has 0 unspecified atom stereocenters. The van der Waals surface area contributed by atoms with Crippen LogP contribution in [0.3, 0.4) is 0 Å². The summed E-state index contributed by atoms with van der Waals surface area (Å²) in [7, 11) is -1.18. The highest BCUT2D eigenvalue weighted by molar-refractivity contribution is 7.84. The predicted octanol–water partition coefficient (Wildman–Crippen LogP) is 4.35. The van der Waals surface area contributed by atoms with Crippen molar-refractivity contribution in [1.29, 1.82) is 0 Å². The van der Waals surface area contributed by atoms with Gasteiger partial charge in [-0.3, -0.25) is 9.00 Å². The average molecular weight is 359 g/mol. The molecule has 0 bridgehead atoms. The van der Waals surface area contributed by atoms with Gasteiger partial charge >= 0.3 is 0 Å². The van der Waals surface area contributed by atoms with Gasteiger partial charge in [0.1, 0.15) is 5.76 Å². The zero-order chi connectivity index (χ0) is 17.6. The van der Waals surface area contributed by atoms with Crippen molar-refractivity contribution < 1.29 is 13.4 Å². The summed E-state index contributed by atoms with van der Waals surface area (Å²) in [6.45, 7) is 1.95. The molecule has 1 aliphatic rings. The molecule has 0 spiro atoms. The van der Waals surface area contributed by atoms with Crippen LogP contribution >= 0.6 is 0 Å². The van der Waals surface area contributed by atoms with Gasteiger partial charge in [-0.15, -0.1) is 0 Å². The van der Waals surface area contributed by atoms with Crippen LogP contribution in [-0.4, -0.2) is 16.2 Å². The van der Waals surface area contributed by atoms with Crippen LogP contribution in [0.5, 0.6) is 0 Å². The number of furan rings is 1. The van der Waals surface area contributed by atoms with Crippen LogP contribution in [0.25, 0.3) is 0 Å². The maximum absolute atomic E-state index is 12.5. The van der Waals surface area contributed by atoms with E-state index in [0.29, 0.717) is 11.5 Å². The van der Waals surface area contributed by atoms with Crippen LogP contribution in [-0.2, 0) is 16.6 Å². The fraction of sp³-hybridized carbons (Fsp3) is 0.450. The van der Waals surface area contributed by atoms with E-state index < -0.39 is 10.8 Å². The van der Waals surface area contributed by atoms with Crippen LogP contribution in [0.1, 0.15) is 60.4 Å². The Balaban J connectivity index is 1.61. The van der Waals surface area contributed by atoms with E-state index in [0.717, 1.165) is 23.3 Å². The van der Waals surface area contributed by atoms with Gasteiger partial charge in [0.05, 0.1) is 16.6 Å². The van der Waals surface area contributed by atoms with E-state index in [1.807, 2.05) is 31.2 Å². The summed E-state index contributed by atoms with van der Waals surface area (Å²) >= 11 is 0. The summed E-state index contributed by atoms with van der Waals surface area (Å²) in [4.78, 5) is 13.2. The molecule has 3 rings (SSSR count). The zero-order valence-electron chi connectivity index (χ0n) is 14.6. The van der Waals surface area contributed by atoms with Crippen molar-refractivity contribution in [2.75, 3.05) is 0 Å². The lowest BCUT2D eigenvalue weighted by Gasteiger charge is -2.14. The van der Waals surface area contributed by atoms with Crippen LogP contribution in [0.2, 0.25) is 0 Å². The topological polar surface area (TPSA) is 59.3 Å². The quantitative estimate of drug-likeness (QED) is 0.808. The van der Waals surface area contributed by atoms with Gasteiger partial charge in [0, 0.05) is 10.9 Å². The standard InChI is InChI=1S/C20H25NO3S/c1-15-8-6-7-11-19(15)25(23)14-17-12-13-18(24-17)20(22)21-16-9-4-2-3-5-10-16/h6-8,11-13,16H,2-5,9-10,14H2,1H3,(H,21,22)/t25-/m1/s1. The smallest absolute Gasteiger partial charge is 0.287 e. The van der Waals surface area contributed by atoms with E-state index in [9.17, 15) is 9.00 Å². The van der Waals surface area contributed by atoms with Crippen LogP contribution in [0, 0.1) is 6.92 Å². The first-order valence-electron chi connectivity index (χ1n) is 8.97. The third-order valence-electron chi connectivity index (χ3n) is 4.69. The number of hydrogen-bond acceptors (Lipinski definition) is 3. The molecule has 0 radical (unpaired) electrons. The molecular weight excluding hydrogens is 334 g/mol. The van der Waals surface area contributed by atoms with Crippen molar-refractivity contribution in [1.82, 2.24) is 5.32 Å². The molecule has 1 amide bonds. The van der Waals surface area contributed by atoms with E-state index in [4.69, 9.17) is 4.42 Å². The zero-order valence-corrected chi connectivity index (χ0v) is 15.4. The van der Waals surface area contributed by atoms with Gasteiger partial charge in [0.25, 0.3) is 5.91 Å². The van der Waals surface area contributed by atoms with Crippen molar-refractivity contribution in [2.45, 2.75) is 62.1 Å². The van der Waals surface area contributed by atoms with Gasteiger partial charge in [0.2, 0.25) is 0 Å². The number of benzene rings is 1. The Morgan fingerprint density at radius 3 is 2.56 bits per heavy atom. The summed E-state index contributed by atoms with van der Waals surface area (Å²) in [6, 6.07) is 11.3. The molecule has 134 valence electrons. The van der Waals surface area contributed by atoms with Gasteiger partial charge in [0.15, 0.2) is 5.76 Å². The second-order valence-corrected chi connectivity index (χ2v) is 8.10. The maximum atomic E-state index is 12.5. The van der Waals surface area contributed by atoms with Crippen molar-refractivity contribution in [3.63, 3.8) is 0 Å². The maximum Gasteiger partial charge on any atom is 0.287 e. The highest BCUT2D eigenvalue weighted by Gasteiger charge is 2.19. The highest BCUT2D eigenvalue weighted by atomic mass is 32.2. The number of rotatable bonds is 5. The van der Waals surface area contributed by atoms with Gasteiger partial charge in [-0.05, 0) is 43.5 Å². The lowest BCUT2D eigenvalue weighted by Crippen LogP contribution is -2.34. The van der Waals surface area contributed by atoms with Crippen molar-refractivity contribution >= 4 is 16.7 Å². The Kier molecular flexibility index (Phi) is 6.08. The number of hydrogen-bond donors (Lipinski definition) is 1. The molecule has 1 aliphatic carbocycles. The summed E-state index contributed by atoms with van der Waals surface area (Å²) < 4.78 is 18.2. The van der Waals surface area contributed by atoms with E-state index >= 15 is 0 Å². The first kappa shape index (κ1) is 17.9. The number of nitrogens with one attached hydrogen (secondary N) is 1. The van der Waals surface area contributed by atoms with Gasteiger partial charge < -0.3 is 9.73 Å². The Hall–Kier alpha value is -1.88. The third kappa shape index (κ3) is 4.82. The van der Waals surface area contributed by atoms with Gasteiger partial charge in [-0.2, -0.15) is 0 Å². The van der Waals surface area contributed by atoms with Crippen molar-refractivity contribution in [2.24, 2.45) is 0 Å². The average Bonchev–Trinajstić information content (AvgIpc) is 2.91. The molecule has 1 atom stereocenters. The Morgan fingerprint density at radius 2 is 1.84 bits per heavy atom. The van der Waals surface area contributed by atoms with E-state index in [1.165, 1.54) is 25.7 Å². The Morgan fingerprint density at radius 1 is 1.12 bits per heavy atom. The summed E-state index contributed by atoms with van der Waals surface area (Å²) in [5.41, 5.74) is 0.999. The van der Waals surface area contributed by atoms with Gasteiger partial charge in [-0.1, -0.05) is 43.9 Å². The first-order chi connectivity index (χ1) is 12.1. The summed E-state index contributed by atoms with van der Waals surface area (Å²) in [5, 5.41) is 3.07. The molecule has 4 nitrogen and oxygen atoms in total. The molecule has 0 saturated heterocycles. The summed E-state index contributed by atoms with van der Waals surface area (Å²) in [6.07, 6.45) is 6.92. The summed E-state index contributed by atoms with van der Waals surface area (Å²) in [5.74, 6) is 0.995. The minimum absolute atomic E-state index is 0.167. The molecule has 25 heavy (non-hydrogen) atoms. The molecular formula is C20H25NO3S. The lowest BCUT2D eigenvalue weighted by molar-refractivity contribution is 0.0904. The third-order valence-corrected chi connectivity index (χ3v) is 6.18. The van der Waals surface area contributed by atoms with Crippen molar-refractivity contribution in [3.05, 3.63) is 53.5 Å². The lowest BCUT2D eigenvalue weighted by atomic mass is 10.1. The van der Waals surface area contributed by atoms with Crippen LogP contribution in [0.4, 0.5) is 0 Å². The van der Waals surface area contributed by atoms with E-state index in [1.54, 1.807) is 12.1 Å². The molecule has 1 aromatic carbocycles. The minimum atomic E-state index is -1.18. The normalized spacial score (nSPS) is 17.0. The largest absolute Gasteiger partial charge is 0.455 e. The molecule has 2 aromatic rings. The SMILES string of the molecule is Cc1ccccc1[S@](=O)Cc1ccc(C(=O)NC2CCCCCC2)o1. The van der Waals surface area contributed by atoms with E-state index in [2.05, 4.69) is 5.32 Å². The fourth-order valence-electron chi connectivity index (χ4n) is 3.28. The van der Waals surface area contributed by atoms with Gasteiger partial charge in [-0.25, -0.2) is 0 Å². The number of carbonyl (C=O) groups excluding carboxylic acids is 1. The Labute approximate surface area is 151 Å². The molecule has 1 N–H and O–H groups in total. The number of amides is 1. The molecule has 1 fully saturated rings.